The molecule has 2 aliphatic heterocycles. The number of carbonyl (C=O) groups excluding carboxylic acids is 3. The molecule has 6 nitrogen and oxygen atoms in total. The number of allylic oxidation sites excluding steroid dienone is 3. The molecule has 3 amide bonds. The minimum Gasteiger partial charge on any atom is -0.325 e. The van der Waals surface area contributed by atoms with E-state index in [9.17, 15) is 14.4 Å². The number of benzene rings is 1. The zero-order chi connectivity index (χ0) is 21.5. The van der Waals surface area contributed by atoms with Crippen molar-refractivity contribution in [1.82, 2.24) is 5.32 Å². The predicted molar refractivity (Wildman–Crippen MR) is 116 cm³/mol. The van der Waals surface area contributed by atoms with Gasteiger partial charge in [-0.15, -0.1) is 0 Å². The van der Waals surface area contributed by atoms with Crippen LogP contribution in [0.25, 0.3) is 0 Å². The van der Waals surface area contributed by atoms with Crippen molar-refractivity contribution in [2.45, 2.75) is 27.2 Å². The summed E-state index contributed by atoms with van der Waals surface area (Å²) in [5.41, 5.74) is 2.89. The summed E-state index contributed by atoms with van der Waals surface area (Å²) in [6.45, 7) is 6.55. The first-order valence-electron chi connectivity index (χ1n) is 10.1. The van der Waals surface area contributed by atoms with Gasteiger partial charge in [0, 0.05) is 36.3 Å². The smallest absolute Gasteiger partial charge is 0.251 e. The topological polar surface area (TPSA) is 78.8 Å². The van der Waals surface area contributed by atoms with E-state index in [-0.39, 0.29) is 35.5 Å². The van der Waals surface area contributed by atoms with Gasteiger partial charge in [0.05, 0.1) is 11.6 Å². The standard InChI is InChI=1S/C24H25N3O3/c1-24(2,3)19-13-21(28)26-20-12-16(9-10-18(19)20)25-23(30)15-11-22(29)27(14-15)17-7-5-4-6-8-17/h4-10,12-13,15,18H,11,14H2,1-3H3,(H,26,28). The summed E-state index contributed by atoms with van der Waals surface area (Å²) in [6.07, 6.45) is 7.34. The number of fused-ring (bicyclic) bond motifs is 1. The highest BCUT2D eigenvalue weighted by molar-refractivity contribution is 6.12. The van der Waals surface area contributed by atoms with E-state index in [2.05, 4.69) is 31.1 Å². The number of para-hydroxylation sites is 1. The second-order valence-corrected chi connectivity index (χ2v) is 8.89. The summed E-state index contributed by atoms with van der Waals surface area (Å²) in [6, 6.07) is 9.34. The van der Waals surface area contributed by atoms with E-state index < -0.39 is 5.92 Å². The molecule has 3 aliphatic rings. The Morgan fingerprint density at radius 3 is 2.57 bits per heavy atom. The molecule has 0 spiro atoms. The molecule has 1 aromatic carbocycles. The molecule has 2 heterocycles. The molecule has 1 fully saturated rings. The molecule has 0 saturated carbocycles. The van der Waals surface area contributed by atoms with Crippen LogP contribution in [-0.4, -0.2) is 30.0 Å². The average molecular weight is 403 g/mol. The van der Waals surface area contributed by atoms with E-state index in [4.69, 9.17) is 0 Å². The second kappa shape index (κ2) is 7.52. The van der Waals surface area contributed by atoms with Crippen LogP contribution < -0.4 is 10.2 Å². The van der Waals surface area contributed by atoms with Gasteiger partial charge in [-0.05, 0) is 35.3 Å². The molecule has 6 heteroatoms. The van der Waals surface area contributed by atoms with Crippen LogP contribution in [0.5, 0.6) is 0 Å². The van der Waals surface area contributed by atoms with E-state index >= 15 is 0 Å². The molecule has 2 unspecified atom stereocenters. The van der Waals surface area contributed by atoms with Crippen LogP contribution in [0.2, 0.25) is 0 Å². The Morgan fingerprint density at radius 1 is 1.13 bits per heavy atom. The van der Waals surface area contributed by atoms with Gasteiger partial charge in [-0.25, -0.2) is 4.99 Å². The molecule has 30 heavy (non-hydrogen) atoms. The molecule has 0 radical (unpaired) electrons. The lowest BCUT2D eigenvalue weighted by molar-refractivity contribution is -0.123. The number of nitrogens with one attached hydrogen (secondary N) is 1. The minimum absolute atomic E-state index is 0.0293. The van der Waals surface area contributed by atoms with Crippen molar-refractivity contribution in [1.29, 1.82) is 0 Å². The maximum absolute atomic E-state index is 12.8. The maximum Gasteiger partial charge on any atom is 0.251 e. The molecule has 154 valence electrons. The third-order valence-corrected chi connectivity index (χ3v) is 5.63. The van der Waals surface area contributed by atoms with Crippen LogP contribution >= 0.6 is 0 Å². The van der Waals surface area contributed by atoms with Crippen molar-refractivity contribution in [3.63, 3.8) is 0 Å². The molecular formula is C24H25N3O3. The molecule has 1 aromatic rings. The van der Waals surface area contributed by atoms with Crippen LogP contribution in [0.15, 0.2) is 70.9 Å². The molecule has 0 bridgehead atoms. The molecule has 1 aliphatic carbocycles. The van der Waals surface area contributed by atoms with Crippen molar-refractivity contribution >= 4 is 29.1 Å². The maximum atomic E-state index is 12.8. The fourth-order valence-corrected chi connectivity index (χ4v) is 4.09. The van der Waals surface area contributed by atoms with Gasteiger partial charge in [0.2, 0.25) is 11.8 Å². The van der Waals surface area contributed by atoms with Gasteiger partial charge in [0.15, 0.2) is 0 Å². The zero-order valence-electron chi connectivity index (χ0n) is 17.4. The van der Waals surface area contributed by atoms with Gasteiger partial charge >= 0.3 is 0 Å². The molecule has 2 atom stereocenters. The summed E-state index contributed by atoms with van der Waals surface area (Å²) < 4.78 is 0. The quantitative estimate of drug-likeness (QED) is 0.824. The van der Waals surface area contributed by atoms with Gasteiger partial charge in [-0.3, -0.25) is 14.4 Å². The Kier molecular flexibility index (Phi) is 5.02. The minimum atomic E-state index is -0.472. The number of nitrogens with zero attached hydrogens (tertiary/aromatic N) is 2. The van der Waals surface area contributed by atoms with Crippen molar-refractivity contribution in [3.05, 3.63) is 65.9 Å². The first-order chi connectivity index (χ1) is 14.2. The molecule has 0 aromatic heterocycles. The van der Waals surface area contributed by atoms with Gasteiger partial charge in [-0.1, -0.05) is 45.0 Å². The Bertz CT molecular complexity index is 1030. The van der Waals surface area contributed by atoms with E-state index in [0.717, 1.165) is 17.0 Å². The van der Waals surface area contributed by atoms with Gasteiger partial charge in [-0.2, -0.15) is 0 Å². The summed E-state index contributed by atoms with van der Waals surface area (Å²) in [5, 5.41) is 2.87. The van der Waals surface area contributed by atoms with Crippen molar-refractivity contribution in [3.8, 4) is 0 Å². The number of rotatable bonds is 2. The van der Waals surface area contributed by atoms with Crippen LogP contribution in [0.4, 0.5) is 5.69 Å². The Balaban J connectivity index is 1.52. The van der Waals surface area contributed by atoms with E-state index in [1.807, 2.05) is 42.5 Å². The van der Waals surface area contributed by atoms with Gasteiger partial charge < -0.3 is 10.2 Å². The van der Waals surface area contributed by atoms with Gasteiger partial charge in [0.25, 0.3) is 5.91 Å². The number of hydrogen-bond donors (Lipinski definition) is 1. The molecule has 1 saturated heterocycles. The highest BCUT2D eigenvalue weighted by atomic mass is 16.2. The molecule has 4 rings (SSSR count). The van der Waals surface area contributed by atoms with Crippen molar-refractivity contribution in [2.75, 3.05) is 11.4 Å². The van der Waals surface area contributed by atoms with E-state index in [1.165, 1.54) is 0 Å². The fraction of sp³-hybridized carbons (Fsp3) is 0.333. The van der Waals surface area contributed by atoms with Crippen LogP contribution in [0.3, 0.4) is 0 Å². The Morgan fingerprint density at radius 2 is 1.87 bits per heavy atom. The first-order valence-corrected chi connectivity index (χ1v) is 10.1. The van der Waals surface area contributed by atoms with E-state index in [0.29, 0.717) is 12.3 Å². The van der Waals surface area contributed by atoms with Crippen LogP contribution in [0.1, 0.15) is 27.2 Å². The Hall–Kier alpha value is -3.28. The number of amides is 3. The summed E-state index contributed by atoms with van der Waals surface area (Å²) in [4.78, 5) is 43.1. The number of carbonyl (C=O) groups is 3. The number of hydrogen-bond acceptors (Lipinski definition) is 3. The fourth-order valence-electron chi connectivity index (χ4n) is 4.09. The number of aliphatic imine (C=N–C) groups is 1. The highest BCUT2D eigenvalue weighted by Crippen LogP contribution is 2.38. The van der Waals surface area contributed by atoms with Crippen molar-refractivity contribution < 1.29 is 14.4 Å². The second-order valence-electron chi connectivity index (χ2n) is 8.89. The van der Waals surface area contributed by atoms with Crippen molar-refractivity contribution in [2.24, 2.45) is 22.2 Å². The monoisotopic (exact) mass is 403 g/mol. The normalized spacial score (nSPS) is 25.0. The number of anilines is 1. The third-order valence-electron chi connectivity index (χ3n) is 5.63. The lowest BCUT2D eigenvalue weighted by atomic mass is 9.74. The largest absolute Gasteiger partial charge is 0.325 e. The lowest BCUT2D eigenvalue weighted by Gasteiger charge is -2.34. The Labute approximate surface area is 176 Å². The summed E-state index contributed by atoms with van der Waals surface area (Å²) in [7, 11) is 0. The van der Waals surface area contributed by atoms with Gasteiger partial charge in [0.1, 0.15) is 0 Å². The SMILES string of the molecule is CC(C)(C)C1=CC(=O)NC2=CC(=NC(=O)C3CC(=O)N(c4ccccc4)C3)C=CC21. The summed E-state index contributed by atoms with van der Waals surface area (Å²) >= 11 is 0. The lowest BCUT2D eigenvalue weighted by Crippen LogP contribution is -2.36. The average Bonchev–Trinajstić information content (AvgIpc) is 3.09. The molecular weight excluding hydrogens is 378 g/mol. The summed E-state index contributed by atoms with van der Waals surface area (Å²) in [5.74, 6) is -1.05. The predicted octanol–water partition coefficient (Wildman–Crippen LogP) is 3.18. The first kappa shape index (κ1) is 20.0. The third kappa shape index (κ3) is 3.90. The zero-order valence-corrected chi connectivity index (χ0v) is 17.4. The van der Waals surface area contributed by atoms with Crippen LogP contribution in [-0.2, 0) is 14.4 Å². The van der Waals surface area contributed by atoms with E-state index in [1.54, 1.807) is 17.1 Å². The highest BCUT2D eigenvalue weighted by Gasteiger charge is 2.36. The van der Waals surface area contributed by atoms with Crippen LogP contribution in [0, 0.1) is 17.3 Å². The molecule has 1 N–H and O–H groups in total.